The molecule has 1 aliphatic carbocycles. The lowest BCUT2D eigenvalue weighted by Crippen LogP contribution is -2.53. The number of hydrogen-bond acceptors (Lipinski definition) is 5. The number of ether oxygens (including phenoxy) is 2. The number of methoxy groups -OCH3 is 2. The highest BCUT2D eigenvalue weighted by atomic mass is 16.5. The van der Waals surface area contributed by atoms with Crippen LogP contribution in [-0.4, -0.2) is 39.2 Å². The van der Waals surface area contributed by atoms with Crippen molar-refractivity contribution >= 4 is 11.9 Å². The van der Waals surface area contributed by atoms with Crippen molar-refractivity contribution in [3.63, 3.8) is 0 Å². The van der Waals surface area contributed by atoms with Gasteiger partial charge in [0.1, 0.15) is 0 Å². The molecule has 2 aliphatic rings. The molecule has 20 heavy (non-hydrogen) atoms. The van der Waals surface area contributed by atoms with E-state index in [0.29, 0.717) is 11.1 Å². The number of benzene rings is 1. The molecule has 3 rings (SSSR count). The predicted molar refractivity (Wildman–Crippen MR) is 71.8 cm³/mol. The van der Waals surface area contributed by atoms with Gasteiger partial charge in [-0.05, 0) is 36.1 Å². The van der Waals surface area contributed by atoms with Crippen molar-refractivity contribution in [2.45, 2.75) is 12.8 Å². The predicted octanol–water partition coefficient (Wildman–Crippen LogP) is 0.948. The summed E-state index contributed by atoms with van der Waals surface area (Å²) in [6.45, 7) is 1.98. The summed E-state index contributed by atoms with van der Waals surface area (Å²) >= 11 is 0. The van der Waals surface area contributed by atoms with Gasteiger partial charge in [0.2, 0.25) is 0 Å². The van der Waals surface area contributed by atoms with E-state index in [4.69, 9.17) is 9.47 Å². The quantitative estimate of drug-likeness (QED) is 0.814. The molecule has 0 radical (unpaired) electrons. The maximum atomic E-state index is 11.9. The standard InChI is InChI=1S/C15H17NO4/c1-19-13(17)11-3-9-5-15(7-16-8-15)6-10(9)4-12(11)14(18)20-2/h3-4,16H,5-8H2,1-2H3. The van der Waals surface area contributed by atoms with E-state index in [2.05, 4.69) is 5.32 Å². The van der Waals surface area contributed by atoms with Gasteiger partial charge in [-0.1, -0.05) is 0 Å². The maximum Gasteiger partial charge on any atom is 0.338 e. The number of carbonyl (C=O) groups is 2. The molecule has 1 N–H and O–H groups in total. The van der Waals surface area contributed by atoms with Crippen molar-refractivity contribution in [3.8, 4) is 0 Å². The first-order valence-corrected chi connectivity index (χ1v) is 6.62. The first-order chi connectivity index (χ1) is 9.58. The Hall–Kier alpha value is -1.88. The third kappa shape index (κ3) is 1.89. The van der Waals surface area contributed by atoms with Gasteiger partial charge in [-0.15, -0.1) is 0 Å². The van der Waals surface area contributed by atoms with Gasteiger partial charge in [-0.25, -0.2) is 9.59 Å². The van der Waals surface area contributed by atoms with Crippen LogP contribution in [0.3, 0.4) is 0 Å². The number of hydrogen-bond donors (Lipinski definition) is 1. The van der Waals surface area contributed by atoms with Gasteiger partial charge >= 0.3 is 11.9 Å². The first kappa shape index (κ1) is 13.1. The molecule has 106 valence electrons. The zero-order valence-corrected chi connectivity index (χ0v) is 11.6. The lowest BCUT2D eigenvalue weighted by atomic mass is 9.79. The number of fused-ring (bicyclic) bond motifs is 1. The van der Waals surface area contributed by atoms with Crippen LogP contribution in [-0.2, 0) is 22.3 Å². The summed E-state index contributed by atoms with van der Waals surface area (Å²) in [5, 5.41) is 3.29. The van der Waals surface area contributed by atoms with Gasteiger partial charge in [0.25, 0.3) is 0 Å². The molecule has 0 atom stereocenters. The third-order valence-electron chi connectivity index (χ3n) is 4.28. The van der Waals surface area contributed by atoms with E-state index in [0.717, 1.165) is 37.1 Å². The zero-order valence-electron chi connectivity index (χ0n) is 11.6. The highest BCUT2D eigenvalue weighted by Crippen LogP contribution is 2.41. The Morgan fingerprint density at radius 2 is 1.45 bits per heavy atom. The summed E-state index contributed by atoms with van der Waals surface area (Å²) in [6, 6.07) is 3.58. The van der Waals surface area contributed by atoms with E-state index >= 15 is 0 Å². The highest BCUT2D eigenvalue weighted by molar-refractivity contribution is 6.03. The van der Waals surface area contributed by atoms with Crippen molar-refractivity contribution in [2.75, 3.05) is 27.3 Å². The van der Waals surface area contributed by atoms with Crippen LogP contribution < -0.4 is 5.32 Å². The molecule has 1 heterocycles. The van der Waals surface area contributed by atoms with E-state index in [9.17, 15) is 9.59 Å². The molecular weight excluding hydrogens is 258 g/mol. The van der Waals surface area contributed by atoms with E-state index in [-0.39, 0.29) is 5.41 Å². The van der Waals surface area contributed by atoms with Crippen LogP contribution in [0.2, 0.25) is 0 Å². The van der Waals surface area contributed by atoms with Crippen LogP contribution >= 0.6 is 0 Å². The molecule has 0 bridgehead atoms. The van der Waals surface area contributed by atoms with Crippen LogP contribution in [0.25, 0.3) is 0 Å². The smallest absolute Gasteiger partial charge is 0.338 e. The number of esters is 2. The van der Waals surface area contributed by atoms with Gasteiger partial charge in [0, 0.05) is 18.5 Å². The fourth-order valence-corrected chi connectivity index (χ4v) is 3.18. The summed E-state index contributed by atoms with van der Waals surface area (Å²) in [5.74, 6) is -0.998. The molecule has 0 aromatic heterocycles. The van der Waals surface area contributed by atoms with Crippen LogP contribution in [0.4, 0.5) is 0 Å². The Morgan fingerprint density at radius 3 is 1.75 bits per heavy atom. The van der Waals surface area contributed by atoms with Gasteiger partial charge in [-0.2, -0.15) is 0 Å². The lowest BCUT2D eigenvalue weighted by Gasteiger charge is -2.39. The zero-order chi connectivity index (χ0) is 14.3. The average molecular weight is 275 g/mol. The van der Waals surface area contributed by atoms with E-state index in [1.165, 1.54) is 14.2 Å². The van der Waals surface area contributed by atoms with Crippen LogP contribution in [0.1, 0.15) is 31.8 Å². The average Bonchev–Trinajstić information content (AvgIpc) is 2.83. The number of carbonyl (C=O) groups excluding carboxylic acids is 2. The van der Waals surface area contributed by atoms with E-state index in [1.807, 2.05) is 0 Å². The number of nitrogens with one attached hydrogen (secondary N) is 1. The molecule has 1 saturated heterocycles. The van der Waals surface area contributed by atoms with Crippen molar-refractivity contribution in [3.05, 3.63) is 34.4 Å². The van der Waals surface area contributed by atoms with Crippen LogP contribution in [0.5, 0.6) is 0 Å². The Morgan fingerprint density at radius 1 is 1.00 bits per heavy atom. The summed E-state index contributed by atoms with van der Waals surface area (Å²) in [7, 11) is 2.63. The fourth-order valence-electron chi connectivity index (χ4n) is 3.18. The monoisotopic (exact) mass is 275 g/mol. The minimum absolute atomic E-state index is 0.268. The Balaban J connectivity index is 2.05. The molecule has 1 aromatic carbocycles. The topological polar surface area (TPSA) is 64.6 Å². The Kier molecular flexibility index (Phi) is 3.01. The van der Waals surface area contributed by atoms with Crippen molar-refractivity contribution in [1.82, 2.24) is 5.32 Å². The van der Waals surface area contributed by atoms with Crippen LogP contribution in [0.15, 0.2) is 12.1 Å². The SMILES string of the molecule is COC(=O)c1cc2c(cc1C(=O)OC)CC1(CNC1)C2. The van der Waals surface area contributed by atoms with Gasteiger partial charge in [0.15, 0.2) is 0 Å². The summed E-state index contributed by atoms with van der Waals surface area (Å²) in [5.41, 5.74) is 3.13. The Bertz CT molecular complexity index is 543. The minimum Gasteiger partial charge on any atom is -0.465 e. The minimum atomic E-state index is -0.499. The van der Waals surface area contributed by atoms with Crippen molar-refractivity contribution < 1.29 is 19.1 Å². The molecule has 0 saturated carbocycles. The molecule has 1 fully saturated rings. The van der Waals surface area contributed by atoms with Gasteiger partial charge in [-0.3, -0.25) is 0 Å². The Labute approximate surface area is 117 Å². The lowest BCUT2D eigenvalue weighted by molar-refractivity contribution is 0.0555. The normalized spacial score (nSPS) is 18.3. The first-order valence-electron chi connectivity index (χ1n) is 6.62. The number of rotatable bonds is 2. The fraction of sp³-hybridized carbons (Fsp3) is 0.467. The second-order valence-corrected chi connectivity index (χ2v) is 5.61. The largest absolute Gasteiger partial charge is 0.465 e. The molecule has 5 nitrogen and oxygen atoms in total. The molecule has 1 aromatic rings. The molecular formula is C15H17NO4. The van der Waals surface area contributed by atoms with Crippen LogP contribution in [0, 0.1) is 5.41 Å². The molecule has 1 aliphatic heterocycles. The summed E-state index contributed by atoms with van der Waals surface area (Å²) < 4.78 is 9.53. The summed E-state index contributed by atoms with van der Waals surface area (Å²) in [6.07, 6.45) is 1.89. The van der Waals surface area contributed by atoms with E-state index < -0.39 is 11.9 Å². The second kappa shape index (κ2) is 4.59. The van der Waals surface area contributed by atoms with Crippen molar-refractivity contribution in [1.29, 1.82) is 0 Å². The maximum absolute atomic E-state index is 11.9. The second-order valence-electron chi connectivity index (χ2n) is 5.61. The molecule has 1 spiro atoms. The third-order valence-corrected chi connectivity index (χ3v) is 4.28. The van der Waals surface area contributed by atoms with Gasteiger partial charge in [0.05, 0.1) is 25.3 Å². The van der Waals surface area contributed by atoms with E-state index in [1.54, 1.807) is 12.1 Å². The van der Waals surface area contributed by atoms with Crippen molar-refractivity contribution in [2.24, 2.45) is 5.41 Å². The van der Waals surface area contributed by atoms with Gasteiger partial charge < -0.3 is 14.8 Å². The molecule has 0 unspecified atom stereocenters. The summed E-state index contributed by atoms with van der Waals surface area (Å²) in [4.78, 5) is 23.7. The highest BCUT2D eigenvalue weighted by Gasteiger charge is 2.43. The molecule has 0 amide bonds. The molecule has 5 heteroatoms.